The molecular weight excluding hydrogens is 198 g/mol. The lowest BCUT2D eigenvalue weighted by Gasteiger charge is -2.30. The summed E-state index contributed by atoms with van der Waals surface area (Å²) in [6.45, 7) is 3.43. The summed E-state index contributed by atoms with van der Waals surface area (Å²) >= 11 is 0. The van der Waals surface area contributed by atoms with Gasteiger partial charge >= 0.3 is 0 Å². The number of ether oxygens (including phenoxy) is 1. The predicted octanol–water partition coefficient (Wildman–Crippen LogP) is 3.15. The molecule has 0 aromatic heterocycles. The van der Waals surface area contributed by atoms with Crippen molar-refractivity contribution < 1.29 is 4.74 Å². The Balaban J connectivity index is 2.10. The molecule has 2 nitrogen and oxygen atoms in total. The van der Waals surface area contributed by atoms with Crippen LogP contribution in [-0.4, -0.2) is 13.7 Å². The zero-order valence-corrected chi connectivity index (χ0v) is 10.2. The van der Waals surface area contributed by atoms with Crippen LogP contribution in [0, 0.1) is 5.92 Å². The molecule has 1 aromatic carbocycles. The van der Waals surface area contributed by atoms with Gasteiger partial charge in [0.05, 0.1) is 7.11 Å². The first-order valence-electron chi connectivity index (χ1n) is 6.20. The molecule has 16 heavy (non-hydrogen) atoms. The van der Waals surface area contributed by atoms with Crippen molar-refractivity contribution in [3.05, 3.63) is 29.8 Å². The zero-order valence-electron chi connectivity index (χ0n) is 10.2. The van der Waals surface area contributed by atoms with Gasteiger partial charge in [-0.25, -0.2) is 0 Å². The Labute approximate surface area is 98.0 Å². The molecule has 0 radical (unpaired) electrons. The smallest absolute Gasteiger partial charge is 0.119 e. The van der Waals surface area contributed by atoms with Gasteiger partial charge in [-0.2, -0.15) is 0 Å². The monoisotopic (exact) mass is 219 g/mol. The summed E-state index contributed by atoms with van der Waals surface area (Å²) in [5.74, 6) is 1.83. The van der Waals surface area contributed by atoms with Gasteiger partial charge in [0, 0.05) is 6.04 Å². The van der Waals surface area contributed by atoms with E-state index in [0.29, 0.717) is 6.04 Å². The molecule has 2 heteroatoms. The van der Waals surface area contributed by atoms with E-state index in [9.17, 15) is 0 Å². The Morgan fingerprint density at radius 3 is 3.06 bits per heavy atom. The molecular formula is C14H21NO. The maximum atomic E-state index is 5.27. The van der Waals surface area contributed by atoms with E-state index in [1.807, 2.05) is 6.07 Å². The second-order valence-corrected chi connectivity index (χ2v) is 4.58. The van der Waals surface area contributed by atoms with Gasteiger partial charge < -0.3 is 10.1 Å². The Morgan fingerprint density at radius 2 is 2.31 bits per heavy atom. The highest BCUT2D eigenvalue weighted by molar-refractivity contribution is 5.30. The molecule has 1 aliphatic rings. The number of piperidine rings is 1. The molecule has 1 fully saturated rings. The lowest BCUT2D eigenvalue weighted by Crippen LogP contribution is -2.31. The van der Waals surface area contributed by atoms with Crippen LogP contribution < -0.4 is 10.1 Å². The minimum atomic E-state index is 0.508. The van der Waals surface area contributed by atoms with Crippen molar-refractivity contribution in [3.8, 4) is 5.75 Å². The minimum Gasteiger partial charge on any atom is -0.497 e. The molecule has 88 valence electrons. The van der Waals surface area contributed by atoms with Crippen molar-refractivity contribution in [2.24, 2.45) is 5.92 Å². The topological polar surface area (TPSA) is 21.3 Å². The minimum absolute atomic E-state index is 0.508. The molecule has 1 aromatic rings. The molecule has 0 saturated carbocycles. The molecule has 0 spiro atoms. The predicted molar refractivity (Wildman–Crippen MR) is 66.8 cm³/mol. The van der Waals surface area contributed by atoms with Gasteiger partial charge in [0.25, 0.3) is 0 Å². The van der Waals surface area contributed by atoms with Gasteiger partial charge in [0.2, 0.25) is 0 Å². The van der Waals surface area contributed by atoms with E-state index < -0.39 is 0 Å². The fourth-order valence-electron chi connectivity index (χ4n) is 2.48. The van der Waals surface area contributed by atoms with E-state index in [1.54, 1.807) is 7.11 Å². The van der Waals surface area contributed by atoms with E-state index in [1.165, 1.54) is 24.8 Å². The fraction of sp³-hybridized carbons (Fsp3) is 0.571. The molecule has 2 rings (SSSR count). The zero-order chi connectivity index (χ0) is 11.4. The number of hydrogen-bond donors (Lipinski definition) is 1. The van der Waals surface area contributed by atoms with Crippen LogP contribution in [0.4, 0.5) is 0 Å². The first-order valence-corrected chi connectivity index (χ1v) is 6.20. The standard InChI is InChI=1S/C14H21NO/c1-3-11-7-8-15-14(9-11)12-5-4-6-13(10-12)16-2/h4-6,10-11,14-15H,3,7-9H2,1-2H3. The van der Waals surface area contributed by atoms with Crippen molar-refractivity contribution in [2.45, 2.75) is 32.2 Å². The molecule has 1 saturated heterocycles. The van der Waals surface area contributed by atoms with Crippen molar-refractivity contribution in [3.63, 3.8) is 0 Å². The quantitative estimate of drug-likeness (QED) is 0.843. The SMILES string of the molecule is CCC1CCNC(c2cccc(OC)c2)C1. The Hall–Kier alpha value is -1.02. The number of hydrogen-bond acceptors (Lipinski definition) is 2. The lowest BCUT2D eigenvalue weighted by molar-refractivity contribution is 0.298. The van der Waals surface area contributed by atoms with Gasteiger partial charge in [-0.3, -0.25) is 0 Å². The van der Waals surface area contributed by atoms with E-state index in [0.717, 1.165) is 18.2 Å². The van der Waals surface area contributed by atoms with Crippen LogP contribution in [0.1, 0.15) is 37.8 Å². The summed E-state index contributed by atoms with van der Waals surface area (Å²) in [6.07, 6.45) is 3.86. The van der Waals surface area contributed by atoms with Crippen LogP contribution in [0.5, 0.6) is 5.75 Å². The van der Waals surface area contributed by atoms with Crippen molar-refractivity contribution in [1.29, 1.82) is 0 Å². The molecule has 0 amide bonds. The van der Waals surface area contributed by atoms with Crippen LogP contribution in [0.2, 0.25) is 0 Å². The third kappa shape index (κ3) is 2.56. The van der Waals surface area contributed by atoms with Crippen LogP contribution in [0.25, 0.3) is 0 Å². The van der Waals surface area contributed by atoms with E-state index in [-0.39, 0.29) is 0 Å². The summed E-state index contributed by atoms with van der Waals surface area (Å²) < 4.78 is 5.27. The third-order valence-electron chi connectivity index (χ3n) is 3.59. The van der Waals surface area contributed by atoms with Crippen LogP contribution >= 0.6 is 0 Å². The van der Waals surface area contributed by atoms with Crippen LogP contribution in [0.15, 0.2) is 24.3 Å². The number of nitrogens with one attached hydrogen (secondary N) is 1. The van der Waals surface area contributed by atoms with Crippen molar-refractivity contribution in [1.82, 2.24) is 5.32 Å². The number of benzene rings is 1. The molecule has 0 bridgehead atoms. The summed E-state index contributed by atoms with van der Waals surface area (Å²) in [4.78, 5) is 0. The first kappa shape index (κ1) is 11.5. The van der Waals surface area contributed by atoms with Crippen molar-refractivity contribution >= 4 is 0 Å². The summed E-state index contributed by atoms with van der Waals surface area (Å²) in [5.41, 5.74) is 1.36. The summed E-state index contributed by atoms with van der Waals surface area (Å²) in [7, 11) is 1.72. The van der Waals surface area contributed by atoms with Crippen LogP contribution in [0.3, 0.4) is 0 Å². The molecule has 1 N–H and O–H groups in total. The highest BCUT2D eigenvalue weighted by Gasteiger charge is 2.21. The van der Waals surface area contributed by atoms with Crippen LogP contribution in [-0.2, 0) is 0 Å². The number of rotatable bonds is 3. The summed E-state index contributed by atoms with van der Waals surface area (Å²) in [6, 6.07) is 8.93. The molecule has 1 heterocycles. The third-order valence-corrected chi connectivity index (χ3v) is 3.59. The van der Waals surface area contributed by atoms with Gasteiger partial charge in [0.1, 0.15) is 5.75 Å². The highest BCUT2D eigenvalue weighted by Crippen LogP contribution is 2.30. The van der Waals surface area contributed by atoms with Crippen molar-refractivity contribution in [2.75, 3.05) is 13.7 Å². The molecule has 2 atom stereocenters. The second-order valence-electron chi connectivity index (χ2n) is 4.58. The Kier molecular flexibility index (Phi) is 3.83. The van der Waals surface area contributed by atoms with E-state index in [4.69, 9.17) is 4.74 Å². The average molecular weight is 219 g/mol. The van der Waals surface area contributed by atoms with Gasteiger partial charge in [0.15, 0.2) is 0 Å². The van der Waals surface area contributed by atoms with E-state index in [2.05, 4.69) is 30.4 Å². The largest absolute Gasteiger partial charge is 0.497 e. The Morgan fingerprint density at radius 1 is 1.44 bits per heavy atom. The first-order chi connectivity index (χ1) is 7.83. The van der Waals surface area contributed by atoms with Gasteiger partial charge in [-0.15, -0.1) is 0 Å². The maximum Gasteiger partial charge on any atom is 0.119 e. The number of methoxy groups -OCH3 is 1. The molecule has 1 aliphatic heterocycles. The lowest BCUT2D eigenvalue weighted by atomic mass is 9.87. The average Bonchev–Trinajstić information content (AvgIpc) is 2.39. The second kappa shape index (κ2) is 5.35. The maximum absolute atomic E-state index is 5.27. The fourth-order valence-corrected chi connectivity index (χ4v) is 2.48. The summed E-state index contributed by atoms with van der Waals surface area (Å²) in [5, 5.41) is 3.60. The van der Waals surface area contributed by atoms with Gasteiger partial charge in [-0.05, 0) is 43.0 Å². The normalized spacial score (nSPS) is 25.4. The van der Waals surface area contributed by atoms with E-state index >= 15 is 0 Å². The molecule has 0 aliphatic carbocycles. The highest BCUT2D eigenvalue weighted by atomic mass is 16.5. The Bertz CT molecular complexity index is 337. The van der Waals surface area contributed by atoms with Gasteiger partial charge in [-0.1, -0.05) is 25.5 Å². The molecule has 2 unspecified atom stereocenters.